The Bertz CT molecular complexity index is 833. The lowest BCUT2D eigenvalue weighted by Crippen LogP contribution is -2.23. The number of carbonyl (C=O) groups is 3. The van der Waals surface area contributed by atoms with Gasteiger partial charge in [-0.2, -0.15) is 0 Å². The molecule has 2 rings (SSSR count). The molecule has 0 heterocycles. The smallest absolute Gasteiger partial charge is 0.340 e. The number of nitrogens with one attached hydrogen (secondary N) is 2. The highest BCUT2D eigenvalue weighted by atomic mass is 16.5. The Balaban J connectivity index is 1.95. The maximum Gasteiger partial charge on any atom is 0.340 e. The predicted molar refractivity (Wildman–Crippen MR) is 99.0 cm³/mol. The largest absolute Gasteiger partial charge is 0.452 e. The number of nitrogen functional groups attached to an aromatic ring is 1. The summed E-state index contributed by atoms with van der Waals surface area (Å²) >= 11 is 0. The SMILES string of the molecule is CCNC(=O)c1cccc(NC(=O)COC(=O)c2cccc(C)c2N)c1. The number of esters is 1. The van der Waals surface area contributed by atoms with Gasteiger partial charge in [-0.1, -0.05) is 18.2 Å². The molecular weight excluding hydrogens is 334 g/mol. The Morgan fingerprint density at radius 2 is 1.85 bits per heavy atom. The summed E-state index contributed by atoms with van der Waals surface area (Å²) in [6.45, 7) is 3.64. The molecule has 0 aliphatic carbocycles. The second-order valence-electron chi connectivity index (χ2n) is 5.60. The molecule has 2 aromatic carbocycles. The average molecular weight is 355 g/mol. The number of anilines is 2. The van der Waals surface area contributed by atoms with Crippen molar-refractivity contribution >= 4 is 29.2 Å². The Morgan fingerprint density at radius 3 is 2.58 bits per heavy atom. The summed E-state index contributed by atoms with van der Waals surface area (Å²) in [5.74, 6) is -1.42. The van der Waals surface area contributed by atoms with Crippen LogP contribution in [0.3, 0.4) is 0 Å². The van der Waals surface area contributed by atoms with Gasteiger partial charge in [0.2, 0.25) is 0 Å². The molecule has 0 atom stereocenters. The number of para-hydroxylation sites is 1. The maximum atomic E-state index is 12.1. The maximum absolute atomic E-state index is 12.1. The van der Waals surface area contributed by atoms with Gasteiger partial charge in [0.15, 0.2) is 6.61 Å². The number of hydrogen-bond donors (Lipinski definition) is 3. The molecule has 0 aliphatic rings. The van der Waals surface area contributed by atoms with Gasteiger partial charge in [-0.25, -0.2) is 4.79 Å². The van der Waals surface area contributed by atoms with E-state index in [1.165, 1.54) is 0 Å². The molecular formula is C19H21N3O4. The Hall–Kier alpha value is -3.35. The number of hydrogen-bond acceptors (Lipinski definition) is 5. The van der Waals surface area contributed by atoms with Gasteiger partial charge in [-0.15, -0.1) is 0 Å². The Labute approximate surface area is 151 Å². The second kappa shape index (κ2) is 8.66. The molecule has 0 unspecified atom stereocenters. The molecule has 4 N–H and O–H groups in total. The molecule has 7 heteroatoms. The van der Waals surface area contributed by atoms with Crippen LogP contribution in [0.15, 0.2) is 42.5 Å². The van der Waals surface area contributed by atoms with Crippen LogP contribution in [0.1, 0.15) is 33.2 Å². The van der Waals surface area contributed by atoms with Gasteiger partial charge in [0.25, 0.3) is 11.8 Å². The lowest BCUT2D eigenvalue weighted by molar-refractivity contribution is -0.119. The number of carbonyl (C=O) groups excluding carboxylic acids is 3. The minimum atomic E-state index is -0.669. The van der Waals surface area contributed by atoms with Crippen molar-refractivity contribution < 1.29 is 19.1 Å². The molecule has 26 heavy (non-hydrogen) atoms. The summed E-state index contributed by atoms with van der Waals surface area (Å²) in [5.41, 5.74) is 8.00. The van der Waals surface area contributed by atoms with E-state index >= 15 is 0 Å². The van der Waals surface area contributed by atoms with Crippen molar-refractivity contribution in [3.8, 4) is 0 Å². The summed E-state index contributed by atoms with van der Waals surface area (Å²) in [4.78, 5) is 35.9. The van der Waals surface area contributed by atoms with E-state index in [9.17, 15) is 14.4 Å². The van der Waals surface area contributed by atoms with Crippen LogP contribution < -0.4 is 16.4 Å². The van der Waals surface area contributed by atoms with E-state index in [1.54, 1.807) is 49.4 Å². The second-order valence-corrected chi connectivity index (χ2v) is 5.60. The average Bonchev–Trinajstić information content (AvgIpc) is 2.62. The Morgan fingerprint density at radius 1 is 1.12 bits per heavy atom. The van der Waals surface area contributed by atoms with Gasteiger partial charge in [-0.05, 0) is 43.7 Å². The fourth-order valence-corrected chi connectivity index (χ4v) is 2.27. The lowest BCUT2D eigenvalue weighted by Gasteiger charge is -2.10. The number of ether oxygens (including phenoxy) is 1. The quantitative estimate of drug-likeness (QED) is 0.543. The molecule has 136 valence electrons. The van der Waals surface area contributed by atoms with Crippen molar-refractivity contribution in [2.45, 2.75) is 13.8 Å². The zero-order chi connectivity index (χ0) is 19.1. The highest BCUT2D eigenvalue weighted by Crippen LogP contribution is 2.17. The zero-order valence-electron chi connectivity index (χ0n) is 14.7. The van der Waals surface area contributed by atoms with E-state index in [0.717, 1.165) is 5.56 Å². The lowest BCUT2D eigenvalue weighted by atomic mass is 10.1. The molecule has 0 spiro atoms. The van der Waals surface area contributed by atoms with Crippen LogP contribution in [0.25, 0.3) is 0 Å². The number of benzene rings is 2. The molecule has 0 bridgehead atoms. The molecule has 0 aliphatic heterocycles. The van der Waals surface area contributed by atoms with Crippen LogP contribution in [-0.2, 0) is 9.53 Å². The molecule has 0 saturated carbocycles. The van der Waals surface area contributed by atoms with Crippen LogP contribution in [0, 0.1) is 6.92 Å². The molecule has 0 aromatic heterocycles. The van der Waals surface area contributed by atoms with Crippen molar-refractivity contribution in [2.75, 3.05) is 24.2 Å². The van der Waals surface area contributed by atoms with Crippen LogP contribution in [0.5, 0.6) is 0 Å². The van der Waals surface area contributed by atoms with E-state index in [-0.39, 0.29) is 11.5 Å². The molecule has 0 saturated heterocycles. The monoisotopic (exact) mass is 355 g/mol. The third-order valence-corrected chi connectivity index (χ3v) is 3.62. The van der Waals surface area contributed by atoms with Gasteiger partial charge in [-0.3, -0.25) is 9.59 Å². The first-order valence-electron chi connectivity index (χ1n) is 8.12. The summed E-state index contributed by atoms with van der Waals surface area (Å²) in [5, 5.41) is 5.26. The first-order valence-corrected chi connectivity index (χ1v) is 8.12. The van der Waals surface area contributed by atoms with Gasteiger partial charge in [0.05, 0.1) is 5.56 Å². The van der Waals surface area contributed by atoms with E-state index in [0.29, 0.717) is 23.5 Å². The third kappa shape index (κ3) is 4.83. The van der Waals surface area contributed by atoms with Crippen LogP contribution >= 0.6 is 0 Å². The topological polar surface area (TPSA) is 111 Å². The van der Waals surface area contributed by atoms with Gasteiger partial charge in [0.1, 0.15) is 0 Å². The fourth-order valence-electron chi connectivity index (χ4n) is 2.27. The predicted octanol–water partition coefficient (Wildman–Crippen LogP) is 2.12. The number of nitrogens with two attached hydrogens (primary N) is 1. The van der Waals surface area contributed by atoms with Crippen molar-refractivity contribution in [1.29, 1.82) is 0 Å². The van der Waals surface area contributed by atoms with Crippen molar-refractivity contribution in [3.05, 3.63) is 59.2 Å². The van der Waals surface area contributed by atoms with E-state index in [2.05, 4.69) is 10.6 Å². The van der Waals surface area contributed by atoms with Crippen LogP contribution in [0.4, 0.5) is 11.4 Å². The highest BCUT2D eigenvalue weighted by Gasteiger charge is 2.14. The molecule has 0 fully saturated rings. The standard InChI is InChI=1S/C19H21N3O4/c1-3-21-18(24)13-7-5-8-14(10-13)22-16(23)11-26-19(25)15-9-4-6-12(2)17(15)20/h4-10H,3,11,20H2,1-2H3,(H,21,24)(H,22,23). The van der Waals surface area contributed by atoms with E-state index in [4.69, 9.17) is 10.5 Å². The van der Waals surface area contributed by atoms with Crippen molar-refractivity contribution in [2.24, 2.45) is 0 Å². The van der Waals surface area contributed by atoms with Crippen LogP contribution in [0.2, 0.25) is 0 Å². The number of amides is 2. The third-order valence-electron chi connectivity index (χ3n) is 3.62. The van der Waals surface area contributed by atoms with Gasteiger partial charge < -0.3 is 21.1 Å². The van der Waals surface area contributed by atoms with Gasteiger partial charge >= 0.3 is 5.97 Å². The molecule has 2 aromatic rings. The summed E-state index contributed by atoms with van der Waals surface area (Å²) in [6.07, 6.45) is 0. The minimum Gasteiger partial charge on any atom is -0.452 e. The van der Waals surface area contributed by atoms with E-state index < -0.39 is 18.5 Å². The highest BCUT2D eigenvalue weighted by molar-refractivity contribution is 5.99. The van der Waals surface area contributed by atoms with E-state index in [1.807, 2.05) is 6.92 Å². The summed E-state index contributed by atoms with van der Waals surface area (Å²) < 4.78 is 5.00. The summed E-state index contributed by atoms with van der Waals surface area (Å²) in [6, 6.07) is 11.5. The van der Waals surface area contributed by atoms with Crippen molar-refractivity contribution in [1.82, 2.24) is 5.32 Å². The normalized spacial score (nSPS) is 10.1. The van der Waals surface area contributed by atoms with Gasteiger partial charge in [0, 0.05) is 23.5 Å². The molecule has 2 amide bonds. The first kappa shape index (κ1) is 19.0. The molecule has 7 nitrogen and oxygen atoms in total. The number of rotatable bonds is 6. The first-order chi connectivity index (χ1) is 12.4. The zero-order valence-corrected chi connectivity index (χ0v) is 14.7. The molecule has 0 radical (unpaired) electrons. The fraction of sp³-hybridized carbons (Fsp3) is 0.211. The van der Waals surface area contributed by atoms with Crippen molar-refractivity contribution in [3.63, 3.8) is 0 Å². The minimum absolute atomic E-state index is 0.219. The number of aryl methyl sites for hydroxylation is 1. The summed E-state index contributed by atoms with van der Waals surface area (Å²) in [7, 11) is 0. The Kier molecular flexibility index (Phi) is 6.32. The van der Waals surface area contributed by atoms with Crippen LogP contribution in [-0.4, -0.2) is 30.9 Å².